The number of sulfonamides is 1. The van der Waals surface area contributed by atoms with Gasteiger partial charge in [0, 0.05) is 29.1 Å². The van der Waals surface area contributed by atoms with Gasteiger partial charge in [-0.3, -0.25) is 15.3 Å². The van der Waals surface area contributed by atoms with Gasteiger partial charge in [0.05, 0.1) is 35.0 Å². The third-order valence-corrected chi connectivity index (χ3v) is 10.1. The van der Waals surface area contributed by atoms with Crippen LogP contribution in [0.4, 0.5) is 13.2 Å². The van der Waals surface area contributed by atoms with Crippen LogP contribution in [-0.4, -0.2) is 51.3 Å². The summed E-state index contributed by atoms with van der Waals surface area (Å²) in [5, 5.41) is 7.47. The van der Waals surface area contributed by atoms with E-state index in [1.807, 2.05) is 48.5 Å². The van der Waals surface area contributed by atoms with Gasteiger partial charge in [0.25, 0.3) is 10.0 Å². The fourth-order valence-electron chi connectivity index (χ4n) is 5.53. The molecule has 4 aromatic rings. The lowest BCUT2D eigenvalue weighted by atomic mass is 9.91. The van der Waals surface area contributed by atoms with Crippen LogP contribution in [0.1, 0.15) is 53.9 Å². The van der Waals surface area contributed by atoms with E-state index in [1.165, 1.54) is 36.4 Å². The van der Waals surface area contributed by atoms with Crippen molar-refractivity contribution >= 4 is 50.6 Å². The van der Waals surface area contributed by atoms with Crippen molar-refractivity contribution in [2.24, 2.45) is 15.8 Å². The van der Waals surface area contributed by atoms with E-state index in [2.05, 4.69) is 10.2 Å². The van der Waals surface area contributed by atoms with Crippen LogP contribution < -0.4 is 15.9 Å². The molecule has 0 aliphatic carbocycles. The maximum absolute atomic E-state index is 13.6. The van der Waals surface area contributed by atoms with Gasteiger partial charge in [-0.05, 0) is 84.5 Å². The quantitative estimate of drug-likeness (QED) is 0.0484. The van der Waals surface area contributed by atoms with Gasteiger partial charge < -0.3 is 5.73 Å². The second-order valence-electron chi connectivity index (χ2n) is 12.1. The SMILES string of the molecule is NCCON/C(=C/CCCCCN=C(NS(=O)(=O)c1ccc(Cl)cc1)N1C[C@H](c2ccccc2)C(c2ccc(Cl)cc2)=N1)c1ccc(C(F)(F)F)cc1. The molecule has 1 aliphatic rings. The zero-order chi connectivity index (χ0) is 37.8. The molecule has 1 aliphatic heterocycles. The average Bonchev–Trinajstić information content (AvgIpc) is 3.59. The summed E-state index contributed by atoms with van der Waals surface area (Å²) >= 11 is 12.2. The minimum Gasteiger partial charge on any atom is -0.328 e. The fourth-order valence-corrected chi connectivity index (χ4v) is 6.81. The number of hydrazone groups is 1. The number of alkyl halides is 3. The van der Waals surface area contributed by atoms with Crippen LogP contribution in [0.5, 0.6) is 0 Å². The first-order valence-electron chi connectivity index (χ1n) is 16.9. The summed E-state index contributed by atoms with van der Waals surface area (Å²) in [5.74, 6) is -0.105. The van der Waals surface area contributed by atoms with Crippen molar-refractivity contribution in [3.05, 3.63) is 142 Å². The first-order chi connectivity index (χ1) is 25.4. The van der Waals surface area contributed by atoms with Gasteiger partial charge in [0.2, 0.25) is 5.96 Å². The number of allylic oxidation sites excluding steroid dienone is 1. The summed E-state index contributed by atoms with van der Waals surface area (Å²) in [5.41, 5.74) is 11.2. The highest BCUT2D eigenvalue weighted by molar-refractivity contribution is 7.90. The van der Waals surface area contributed by atoms with Crippen LogP contribution in [0.3, 0.4) is 0 Å². The monoisotopic (exact) mass is 786 g/mol. The molecule has 0 amide bonds. The molecule has 53 heavy (non-hydrogen) atoms. The molecule has 15 heteroatoms. The maximum Gasteiger partial charge on any atom is 0.416 e. The van der Waals surface area contributed by atoms with Crippen LogP contribution >= 0.6 is 23.2 Å². The molecule has 1 heterocycles. The Bertz CT molecular complexity index is 1990. The minimum atomic E-state index is -4.44. The van der Waals surface area contributed by atoms with Crippen molar-refractivity contribution < 1.29 is 26.4 Å². The number of unbranched alkanes of at least 4 members (excludes halogenated alkanes) is 3. The summed E-state index contributed by atoms with van der Waals surface area (Å²) in [6, 6.07) is 27.8. The van der Waals surface area contributed by atoms with Crippen molar-refractivity contribution in [2.75, 3.05) is 26.2 Å². The second kappa shape index (κ2) is 18.6. The number of rotatable bonds is 15. The molecular formula is C38H39Cl2F3N6O3S. The Kier molecular flexibility index (Phi) is 13.9. The van der Waals surface area contributed by atoms with Gasteiger partial charge >= 0.3 is 6.18 Å². The summed E-state index contributed by atoms with van der Waals surface area (Å²) in [6.07, 6.45) is 0.0868. The highest BCUT2D eigenvalue weighted by atomic mass is 35.5. The number of aliphatic imine (C=N–C) groups is 1. The van der Waals surface area contributed by atoms with E-state index in [0.29, 0.717) is 47.2 Å². The standard InChI is InChI=1S/C38H39Cl2F3N6O3S/c39-31-17-13-29(14-18-31)36-34(27-8-4-3-5-9-27)26-49(46-36)37(48-53(50,51)33-21-19-32(40)20-22-33)45-24-7-2-1-6-10-35(47-52-25-23-44)28-11-15-30(16-12-28)38(41,42)43/h3-5,8-22,34,47H,1-2,6-7,23-26,44H2,(H,45,48)/b35-10+/t34-/m1/s1. The van der Waals surface area contributed by atoms with Crippen molar-refractivity contribution in [1.82, 2.24) is 15.2 Å². The molecule has 0 bridgehead atoms. The van der Waals surface area contributed by atoms with E-state index in [1.54, 1.807) is 17.1 Å². The van der Waals surface area contributed by atoms with E-state index >= 15 is 0 Å². The first kappa shape index (κ1) is 39.8. The maximum atomic E-state index is 13.6. The number of halogens is 5. The highest BCUT2D eigenvalue weighted by Gasteiger charge is 2.33. The molecule has 0 spiro atoms. The van der Waals surface area contributed by atoms with E-state index in [0.717, 1.165) is 41.8 Å². The van der Waals surface area contributed by atoms with E-state index in [9.17, 15) is 21.6 Å². The minimum absolute atomic E-state index is 0.0231. The Labute approximate surface area is 317 Å². The second-order valence-corrected chi connectivity index (χ2v) is 14.6. The molecule has 0 saturated carbocycles. The molecule has 280 valence electrons. The summed E-state index contributed by atoms with van der Waals surface area (Å²) in [6.45, 7) is 1.11. The van der Waals surface area contributed by atoms with Gasteiger partial charge in [-0.25, -0.2) is 18.1 Å². The fraction of sp³-hybridized carbons (Fsp3) is 0.263. The van der Waals surface area contributed by atoms with Crippen molar-refractivity contribution in [2.45, 2.75) is 42.7 Å². The molecule has 5 rings (SSSR count). The zero-order valence-electron chi connectivity index (χ0n) is 28.6. The van der Waals surface area contributed by atoms with E-state index in [-0.39, 0.29) is 29.9 Å². The number of hydroxylamine groups is 1. The summed E-state index contributed by atoms with van der Waals surface area (Å²) in [4.78, 5) is 10.1. The number of benzene rings is 4. The Hall–Kier alpha value is -4.40. The predicted molar refractivity (Wildman–Crippen MR) is 204 cm³/mol. The third kappa shape index (κ3) is 11.3. The van der Waals surface area contributed by atoms with Crippen molar-refractivity contribution in [3.63, 3.8) is 0 Å². The molecular weight excluding hydrogens is 748 g/mol. The largest absolute Gasteiger partial charge is 0.416 e. The van der Waals surface area contributed by atoms with Crippen LogP contribution in [0.15, 0.2) is 124 Å². The lowest BCUT2D eigenvalue weighted by Gasteiger charge is -2.20. The lowest BCUT2D eigenvalue weighted by Crippen LogP contribution is -2.41. The average molecular weight is 788 g/mol. The van der Waals surface area contributed by atoms with E-state index < -0.39 is 21.8 Å². The normalized spacial score (nSPS) is 15.4. The number of nitrogens with two attached hydrogens (primary N) is 1. The zero-order valence-corrected chi connectivity index (χ0v) is 30.9. The molecule has 0 saturated heterocycles. The molecule has 4 aromatic carbocycles. The molecule has 0 fully saturated rings. The number of guanidine groups is 1. The number of hydrogen-bond acceptors (Lipinski definition) is 7. The van der Waals surface area contributed by atoms with Crippen LogP contribution in [0.25, 0.3) is 5.70 Å². The molecule has 9 nitrogen and oxygen atoms in total. The topological polar surface area (TPSA) is 121 Å². The molecule has 0 radical (unpaired) electrons. The Balaban J connectivity index is 1.32. The Morgan fingerprint density at radius 1 is 0.925 bits per heavy atom. The van der Waals surface area contributed by atoms with Gasteiger partial charge in [-0.1, -0.05) is 90.3 Å². The van der Waals surface area contributed by atoms with Crippen molar-refractivity contribution in [1.29, 1.82) is 0 Å². The van der Waals surface area contributed by atoms with Gasteiger partial charge in [-0.15, -0.1) is 0 Å². The summed E-state index contributed by atoms with van der Waals surface area (Å²) in [7, 11) is -4.06. The first-order valence-corrected chi connectivity index (χ1v) is 19.1. The number of hydrogen-bond donors (Lipinski definition) is 3. The molecule has 4 N–H and O–H groups in total. The van der Waals surface area contributed by atoms with Gasteiger partial charge in [0.1, 0.15) is 0 Å². The van der Waals surface area contributed by atoms with Gasteiger partial charge in [0.15, 0.2) is 0 Å². The van der Waals surface area contributed by atoms with Crippen molar-refractivity contribution in [3.8, 4) is 0 Å². The molecule has 0 aromatic heterocycles. The van der Waals surface area contributed by atoms with E-state index in [4.69, 9.17) is 43.9 Å². The molecule has 1 atom stereocenters. The predicted octanol–water partition coefficient (Wildman–Crippen LogP) is 8.23. The van der Waals surface area contributed by atoms with Crippen LogP contribution in [0, 0.1) is 0 Å². The summed E-state index contributed by atoms with van der Waals surface area (Å²) < 4.78 is 69.0. The smallest absolute Gasteiger partial charge is 0.328 e. The lowest BCUT2D eigenvalue weighted by molar-refractivity contribution is -0.137. The van der Waals surface area contributed by atoms with Gasteiger partial charge in [-0.2, -0.15) is 18.3 Å². The third-order valence-electron chi connectivity index (χ3n) is 8.25. The number of nitrogens with one attached hydrogen (secondary N) is 2. The number of nitrogens with zero attached hydrogens (tertiary/aromatic N) is 3. The van der Waals surface area contributed by atoms with Crippen LogP contribution in [0.2, 0.25) is 10.0 Å². The van der Waals surface area contributed by atoms with Crippen LogP contribution in [-0.2, 0) is 21.0 Å². The Morgan fingerprint density at radius 2 is 1.58 bits per heavy atom. The Morgan fingerprint density at radius 3 is 2.23 bits per heavy atom. The molecule has 0 unspecified atom stereocenters. The highest BCUT2D eigenvalue weighted by Crippen LogP contribution is 2.31.